The standard InChI is InChI=1S/C35H50O13/c1-8-45-27(38)16-28(39)47-33(34(43)44-7)25-14-23(12-10-20(4)5)32(48-35-31(42)30(41)29(40)26(18-37)46-35)24(15-25)13-22(21(6)17-36)11-9-19(2)3/h9-10,14-15,22,26,29-31,33,35-37,40-42H,6,8,11-13,16-18H2,1-5,7H3. The summed E-state index contributed by atoms with van der Waals surface area (Å²) in [6.07, 6.45) is -5.41. The number of aliphatic hydroxyl groups excluding tert-OH is 5. The average Bonchev–Trinajstić information content (AvgIpc) is 3.04. The summed E-state index contributed by atoms with van der Waals surface area (Å²) in [5, 5.41) is 51.4. The highest BCUT2D eigenvalue weighted by Gasteiger charge is 2.45. The first kappa shape index (κ1) is 40.6. The molecule has 1 aliphatic rings. The SMILES string of the molecule is C=C(CO)C(CC=C(C)C)Cc1cc(C(OC(=O)CC(=O)OCC)C(=O)OC)cc(CC=C(C)C)c1OC1OC(CO)C(O)C(O)C1O. The maximum atomic E-state index is 13.0. The van der Waals surface area contributed by atoms with Crippen LogP contribution in [0.1, 0.15) is 70.3 Å². The molecule has 5 N–H and O–H groups in total. The van der Waals surface area contributed by atoms with Crippen LogP contribution in [0.5, 0.6) is 5.75 Å². The summed E-state index contributed by atoms with van der Waals surface area (Å²) < 4.78 is 27.2. The molecule has 13 heteroatoms. The van der Waals surface area contributed by atoms with Gasteiger partial charge in [-0.05, 0) is 88.6 Å². The summed E-state index contributed by atoms with van der Waals surface area (Å²) in [6, 6.07) is 3.10. The predicted octanol–water partition coefficient (Wildman–Crippen LogP) is 2.15. The lowest BCUT2D eigenvalue weighted by Gasteiger charge is -2.40. The number of methoxy groups -OCH3 is 1. The van der Waals surface area contributed by atoms with Crippen LogP contribution >= 0.6 is 0 Å². The molecular formula is C35H50O13. The molecule has 48 heavy (non-hydrogen) atoms. The quantitative estimate of drug-likeness (QED) is 0.0696. The maximum Gasteiger partial charge on any atom is 0.351 e. The monoisotopic (exact) mass is 678 g/mol. The van der Waals surface area contributed by atoms with E-state index < -0.39 is 67.7 Å². The third-order valence-corrected chi connectivity index (χ3v) is 7.70. The molecule has 0 bridgehead atoms. The van der Waals surface area contributed by atoms with Crippen molar-refractivity contribution in [3.63, 3.8) is 0 Å². The molecule has 1 aromatic rings. The van der Waals surface area contributed by atoms with Crippen LogP contribution in [0.3, 0.4) is 0 Å². The third-order valence-electron chi connectivity index (χ3n) is 7.70. The van der Waals surface area contributed by atoms with Gasteiger partial charge >= 0.3 is 17.9 Å². The minimum atomic E-state index is -1.72. The summed E-state index contributed by atoms with van der Waals surface area (Å²) in [6.45, 7) is 12.3. The van der Waals surface area contributed by atoms with Crippen molar-refractivity contribution in [3.8, 4) is 5.75 Å². The van der Waals surface area contributed by atoms with Crippen LogP contribution < -0.4 is 4.74 Å². The molecule has 1 aromatic carbocycles. The fourth-order valence-corrected chi connectivity index (χ4v) is 5.01. The molecule has 0 aliphatic carbocycles. The van der Waals surface area contributed by atoms with E-state index in [4.69, 9.17) is 23.7 Å². The molecule has 0 aromatic heterocycles. The van der Waals surface area contributed by atoms with Gasteiger partial charge in [0.15, 0.2) is 0 Å². The molecule has 268 valence electrons. The van der Waals surface area contributed by atoms with Crippen molar-refractivity contribution in [1.29, 1.82) is 0 Å². The second kappa shape index (κ2) is 19.4. The van der Waals surface area contributed by atoms with Crippen LogP contribution in [-0.2, 0) is 46.2 Å². The topological polar surface area (TPSA) is 199 Å². The van der Waals surface area contributed by atoms with Gasteiger partial charge in [0.2, 0.25) is 12.4 Å². The highest BCUT2D eigenvalue weighted by atomic mass is 16.7. The van der Waals surface area contributed by atoms with Crippen molar-refractivity contribution in [2.45, 2.75) is 97.1 Å². The van der Waals surface area contributed by atoms with Crippen LogP contribution in [0.15, 0.2) is 47.6 Å². The summed E-state index contributed by atoms with van der Waals surface area (Å²) in [5.41, 5.74) is 3.53. The highest BCUT2D eigenvalue weighted by Crippen LogP contribution is 2.37. The predicted molar refractivity (Wildman–Crippen MR) is 174 cm³/mol. The first-order valence-corrected chi connectivity index (χ1v) is 15.8. The van der Waals surface area contributed by atoms with Crippen LogP contribution in [0.2, 0.25) is 0 Å². The third kappa shape index (κ3) is 11.5. The van der Waals surface area contributed by atoms with Crippen molar-refractivity contribution in [2.75, 3.05) is 26.9 Å². The molecule has 0 saturated carbocycles. The van der Waals surface area contributed by atoms with Gasteiger partial charge in [-0.2, -0.15) is 0 Å². The molecular weight excluding hydrogens is 628 g/mol. The van der Waals surface area contributed by atoms with E-state index in [0.717, 1.165) is 18.3 Å². The summed E-state index contributed by atoms with van der Waals surface area (Å²) >= 11 is 0. The first-order valence-electron chi connectivity index (χ1n) is 15.8. The van der Waals surface area contributed by atoms with Crippen molar-refractivity contribution in [3.05, 3.63) is 64.3 Å². The van der Waals surface area contributed by atoms with E-state index in [1.165, 1.54) is 0 Å². The summed E-state index contributed by atoms with van der Waals surface area (Å²) in [5.74, 6) is -2.93. The Morgan fingerprint density at radius 2 is 1.60 bits per heavy atom. The molecule has 2 rings (SSSR count). The van der Waals surface area contributed by atoms with E-state index >= 15 is 0 Å². The van der Waals surface area contributed by atoms with E-state index in [9.17, 15) is 39.9 Å². The summed E-state index contributed by atoms with van der Waals surface area (Å²) in [4.78, 5) is 37.7. The number of ether oxygens (including phenoxy) is 5. The molecule has 13 nitrogen and oxygen atoms in total. The zero-order chi connectivity index (χ0) is 36.1. The molecule has 0 radical (unpaired) electrons. The van der Waals surface area contributed by atoms with Gasteiger partial charge in [0, 0.05) is 5.56 Å². The van der Waals surface area contributed by atoms with Gasteiger partial charge in [0.05, 0.1) is 26.9 Å². The normalized spacial score (nSPS) is 21.7. The minimum absolute atomic E-state index is 0.0482. The number of rotatable bonds is 17. The molecule has 0 amide bonds. The zero-order valence-electron chi connectivity index (χ0n) is 28.5. The zero-order valence-corrected chi connectivity index (χ0v) is 28.5. The number of carbonyl (C=O) groups is 3. The van der Waals surface area contributed by atoms with Crippen LogP contribution in [0.4, 0.5) is 0 Å². The van der Waals surface area contributed by atoms with Crippen LogP contribution in [0.25, 0.3) is 0 Å². The van der Waals surface area contributed by atoms with E-state index in [0.29, 0.717) is 23.1 Å². The van der Waals surface area contributed by atoms with Gasteiger partial charge in [-0.3, -0.25) is 9.59 Å². The Kier molecular flexibility index (Phi) is 16.4. The van der Waals surface area contributed by atoms with Gasteiger partial charge in [-0.1, -0.05) is 29.9 Å². The Balaban J connectivity index is 2.82. The molecule has 1 fully saturated rings. The van der Waals surface area contributed by atoms with Crippen molar-refractivity contribution in [1.82, 2.24) is 0 Å². The number of hydrogen-bond donors (Lipinski definition) is 5. The molecule has 1 aliphatic heterocycles. The van der Waals surface area contributed by atoms with E-state index in [1.54, 1.807) is 19.1 Å². The molecule has 1 saturated heterocycles. The molecule has 0 spiro atoms. The van der Waals surface area contributed by atoms with Gasteiger partial charge in [-0.15, -0.1) is 0 Å². The number of allylic oxidation sites excluding steroid dienone is 4. The first-order chi connectivity index (χ1) is 22.7. The number of aliphatic hydroxyl groups is 5. The second-order valence-electron chi connectivity index (χ2n) is 12.1. The fraction of sp³-hybridized carbons (Fsp3) is 0.571. The van der Waals surface area contributed by atoms with E-state index in [-0.39, 0.29) is 43.3 Å². The smallest absolute Gasteiger partial charge is 0.351 e. The van der Waals surface area contributed by atoms with Gasteiger partial charge in [-0.25, -0.2) is 4.79 Å². The van der Waals surface area contributed by atoms with Crippen molar-refractivity contribution < 1.29 is 63.6 Å². The lowest BCUT2D eigenvalue weighted by molar-refractivity contribution is -0.277. The van der Waals surface area contributed by atoms with E-state index in [1.807, 2.05) is 39.8 Å². The van der Waals surface area contributed by atoms with Crippen LogP contribution in [0, 0.1) is 5.92 Å². The van der Waals surface area contributed by atoms with Crippen molar-refractivity contribution in [2.24, 2.45) is 5.92 Å². The lowest BCUT2D eigenvalue weighted by atomic mass is 9.86. The highest BCUT2D eigenvalue weighted by molar-refractivity contribution is 5.92. The van der Waals surface area contributed by atoms with Crippen LogP contribution in [-0.4, -0.2) is 101 Å². The van der Waals surface area contributed by atoms with Crippen molar-refractivity contribution >= 4 is 17.9 Å². The number of benzene rings is 1. The Morgan fingerprint density at radius 3 is 2.17 bits per heavy atom. The Morgan fingerprint density at radius 1 is 0.958 bits per heavy atom. The Labute approximate surface area is 281 Å². The molecule has 7 unspecified atom stereocenters. The second-order valence-corrected chi connectivity index (χ2v) is 12.1. The molecule has 1 heterocycles. The Hall–Kier alpha value is -3.59. The number of hydrogen-bond acceptors (Lipinski definition) is 13. The number of carbonyl (C=O) groups excluding carboxylic acids is 3. The van der Waals surface area contributed by atoms with Gasteiger partial charge in [0.1, 0.15) is 36.6 Å². The maximum absolute atomic E-state index is 13.0. The minimum Gasteiger partial charge on any atom is -0.466 e. The fourth-order valence-electron chi connectivity index (χ4n) is 5.01. The van der Waals surface area contributed by atoms with E-state index in [2.05, 4.69) is 6.58 Å². The lowest BCUT2D eigenvalue weighted by Crippen LogP contribution is -2.60. The average molecular weight is 679 g/mol. The Bertz CT molecular complexity index is 1320. The van der Waals surface area contributed by atoms with Gasteiger partial charge < -0.3 is 49.2 Å². The summed E-state index contributed by atoms with van der Waals surface area (Å²) in [7, 11) is 1.12. The number of esters is 3. The largest absolute Gasteiger partial charge is 0.466 e. The molecule has 7 atom stereocenters. The van der Waals surface area contributed by atoms with Gasteiger partial charge in [0.25, 0.3) is 0 Å².